The molecule has 4 heteroatoms. The van der Waals surface area contributed by atoms with E-state index < -0.39 is 0 Å². The molecule has 1 N–H and O–H groups in total. The Balaban J connectivity index is 1.77. The number of nitrogens with zero attached hydrogens (tertiary/aromatic N) is 1. The van der Waals surface area contributed by atoms with Gasteiger partial charge in [-0.15, -0.1) is 11.3 Å². The van der Waals surface area contributed by atoms with E-state index in [4.69, 9.17) is 4.74 Å². The maximum absolute atomic E-state index is 5.75. The highest BCUT2D eigenvalue weighted by molar-refractivity contribution is 7.07. The fourth-order valence-electron chi connectivity index (χ4n) is 2.05. The van der Waals surface area contributed by atoms with Gasteiger partial charge in [-0.05, 0) is 18.8 Å². The van der Waals surface area contributed by atoms with Gasteiger partial charge in [0.05, 0.1) is 17.3 Å². The van der Waals surface area contributed by atoms with Crippen molar-refractivity contribution in [2.45, 2.75) is 45.4 Å². The fourth-order valence-corrected chi connectivity index (χ4v) is 2.61. The van der Waals surface area contributed by atoms with Gasteiger partial charge in [0.2, 0.25) is 0 Å². The van der Waals surface area contributed by atoms with Crippen LogP contribution in [0.1, 0.15) is 32.4 Å². The molecule has 90 valence electrons. The first kappa shape index (κ1) is 12.0. The summed E-state index contributed by atoms with van der Waals surface area (Å²) in [6, 6.07) is 0.586. The topological polar surface area (TPSA) is 34.2 Å². The molecule has 2 unspecified atom stereocenters. The SMILES string of the molecule is CC(C)C1CC(NCc2cscn2)CCO1. The van der Waals surface area contributed by atoms with Crippen molar-refractivity contribution in [3.63, 3.8) is 0 Å². The lowest BCUT2D eigenvalue weighted by Gasteiger charge is -2.32. The van der Waals surface area contributed by atoms with Crippen LogP contribution < -0.4 is 5.32 Å². The van der Waals surface area contributed by atoms with Gasteiger partial charge in [-0.3, -0.25) is 0 Å². The summed E-state index contributed by atoms with van der Waals surface area (Å²) in [5, 5.41) is 5.68. The molecule has 2 atom stereocenters. The molecular formula is C12H20N2OS. The fraction of sp³-hybridized carbons (Fsp3) is 0.750. The van der Waals surface area contributed by atoms with Crippen molar-refractivity contribution >= 4 is 11.3 Å². The molecular weight excluding hydrogens is 220 g/mol. The second-order valence-corrected chi connectivity index (χ2v) is 5.45. The summed E-state index contributed by atoms with van der Waals surface area (Å²) in [6.45, 7) is 6.23. The highest BCUT2D eigenvalue weighted by atomic mass is 32.1. The van der Waals surface area contributed by atoms with Gasteiger partial charge in [-0.2, -0.15) is 0 Å². The smallest absolute Gasteiger partial charge is 0.0795 e. The Hall–Kier alpha value is -0.450. The van der Waals surface area contributed by atoms with Crippen LogP contribution in [0.2, 0.25) is 0 Å². The van der Waals surface area contributed by atoms with Crippen LogP contribution in [0.4, 0.5) is 0 Å². The molecule has 1 fully saturated rings. The van der Waals surface area contributed by atoms with Gasteiger partial charge in [0.15, 0.2) is 0 Å². The van der Waals surface area contributed by atoms with Crippen molar-refractivity contribution in [2.75, 3.05) is 6.61 Å². The van der Waals surface area contributed by atoms with E-state index in [9.17, 15) is 0 Å². The first-order chi connectivity index (χ1) is 7.75. The minimum absolute atomic E-state index is 0.418. The molecule has 1 aliphatic heterocycles. The molecule has 0 amide bonds. The highest BCUT2D eigenvalue weighted by Crippen LogP contribution is 2.20. The molecule has 1 aliphatic rings. The lowest BCUT2D eigenvalue weighted by Crippen LogP contribution is -2.40. The summed E-state index contributed by atoms with van der Waals surface area (Å²) >= 11 is 1.66. The van der Waals surface area contributed by atoms with Crippen molar-refractivity contribution in [3.8, 4) is 0 Å². The van der Waals surface area contributed by atoms with E-state index in [-0.39, 0.29) is 0 Å². The van der Waals surface area contributed by atoms with Gasteiger partial charge in [0.25, 0.3) is 0 Å². The predicted octanol–water partition coefficient (Wildman–Crippen LogP) is 2.44. The quantitative estimate of drug-likeness (QED) is 0.877. The average Bonchev–Trinajstić information content (AvgIpc) is 2.79. The van der Waals surface area contributed by atoms with Gasteiger partial charge >= 0.3 is 0 Å². The zero-order valence-corrected chi connectivity index (χ0v) is 10.8. The maximum atomic E-state index is 5.75. The minimum Gasteiger partial charge on any atom is -0.378 e. The van der Waals surface area contributed by atoms with Crippen LogP contribution in [-0.4, -0.2) is 23.7 Å². The number of thiazole rings is 1. The number of nitrogens with one attached hydrogen (secondary N) is 1. The van der Waals surface area contributed by atoms with Crippen LogP contribution in [0.3, 0.4) is 0 Å². The lowest BCUT2D eigenvalue weighted by molar-refractivity contribution is -0.0246. The van der Waals surface area contributed by atoms with Crippen LogP contribution in [0, 0.1) is 5.92 Å². The summed E-state index contributed by atoms with van der Waals surface area (Å²) in [5.41, 5.74) is 3.04. The van der Waals surface area contributed by atoms with Gasteiger partial charge < -0.3 is 10.1 Å². The molecule has 1 saturated heterocycles. The second-order valence-electron chi connectivity index (χ2n) is 4.74. The molecule has 0 bridgehead atoms. The van der Waals surface area contributed by atoms with Crippen LogP contribution >= 0.6 is 11.3 Å². The van der Waals surface area contributed by atoms with Crippen LogP contribution in [0.15, 0.2) is 10.9 Å². The number of hydrogen-bond donors (Lipinski definition) is 1. The third-order valence-corrected chi connectivity index (χ3v) is 3.75. The minimum atomic E-state index is 0.418. The third kappa shape index (κ3) is 3.27. The van der Waals surface area contributed by atoms with Gasteiger partial charge in [-0.1, -0.05) is 13.8 Å². The Kier molecular flexibility index (Phi) is 4.32. The molecule has 2 heterocycles. The molecule has 0 aliphatic carbocycles. The van der Waals surface area contributed by atoms with E-state index >= 15 is 0 Å². The molecule has 0 spiro atoms. The van der Waals surface area contributed by atoms with E-state index in [1.54, 1.807) is 11.3 Å². The normalized spacial score (nSPS) is 26.2. The summed E-state index contributed by atoms with van der Waals surface area (Å²) in [6.07, 6.45) is 2.66. The number of hydrogen-bond acceptors (Lipinski definition) is 4. The van der Waals surface area contributed by atoms with Crippen molar-refractivity contribution in [1.82, 2.24) is 10.3 Å². The standard InChI is InChI=1S/C12H20N2OS/c1-9(2)12-5-10(3-4-15-12)13-6-11-7-16-8-14-11/h7-10,12-13H,3-6H2,1-2H3. The van der Waals surface area contributed by atoms with Crippen LogP contribution in [0.25, 0.3) is 0 Å². The molecule has 1 aromatic heterocycles. The van der Waals surface area contributed by atoms with E-state index in [0.717, 1.165) is 31.7 Å². The molecule has 3 nitrogen and oxygen atoms in total. The largest absolute Gasteiger partial charge is 0.378 e. The third-order valence-electron chi connectivity index (χ3n) is 3.11. The average molecular weight is 240 g/mol. The van der Waals surface area contributed by atoms with Gasteiger partial charge in [-0.25, -0.2) is 4.98 Å². The summed E-state index contributed by atoms with van der Waals surface area (Å²) in [5.74, 6) is 0.615. The van der Waals surface area contributed by atoms with Gasteiger partial charge in [0.1, 0.15) is 0 Å². The van der Waals surface area contributed by atoms with Crippen LogP contribution in [-0.2, 0) is 11.3 Å². The van der Waals surface area contributed by atoms with E-state index in [1.165, 1.54) is 0 Å². The first-order valence-corrected chi connectivity index (χ1v) is 6.92. The Morgan fingerprint density at radius 1 is 1.62 bits per heavy atom. The first-order valence-electron chi connectivity index (χ1n) is 5.97. The number of ether oxygens (including phenoxy) is 1. The van der Waals surface area contributed by atoms with Crippen molar-refractivity contribution in [3.05, 3.63) is 16.6 Å². The highest BCUT2D eigenvalue weighted by Gasteiger charge is 2.24. The Morgan fingerprint density at radius 3 is 3.19 bits per heavy atom. The van der Waals surface area contributed by atoms with E-state index in [1.807, 2.05) is 5.51 Å². The van der Waals surface area contributed by atoms with E-state index in [2.05, 4.69) is 29.5 Å². The second kappa shape index (κ2) is 5.75. The Labute approximate surface area is 101 Å². The lowest BCUT2D eigenvalue weighted by atomic mass is 9.95. The molecule has 2 rings (SSSR count). The Bertz CT molecular complexity index is 300. The number of aromatic nitrogens is 1. The van der Waals surface area contributed by atoms with Crippen molar-refractivity contribution < 1.29 is 4.74 Å². The van der Waals surface area contributed by atoms with Crippen molar-refractivity contribution in [2.24, 2.45) is 5.92 Å². The number of rotatable bonds is 4. The van der Waals surface area contributed by atoms with E-state index in [0.29, 0.717) is 18.1 Å². The maximum Gasteiger partial charge on any atom is 0.0795 e. The zero-order chi connectivity index (χ0) is 11.4. The summed E-state index contributed by atoms with van der Waals surface area (Å²) in [7, 11) is 0. The zero-order valence-electron chi connectivity index (χ0n) is 9.98. The molecule has 0 saturated carbocycles. The molecule has 16 heavy (non-hydrogen) atoms. The van der Waals surface area contributed by atoms with Crippen LogP contribution in [0.5, 0.6) is 0 Å². The summed E-state index contributed by atoms with van der Waals surface area (Å²) < 4.78 is 5.75. The Morgan fingerprint density at radius 2 is 2.50 bits per heavy atom. The summed E-state index contributed by atoms with van der Waals surface area (Å²) in [4.78, 5) is 4.28. The predicted molar refractivity (Wildman–Crippen MR) is 66.6 cm³/mol. The molecule has 0 radical (unpaired) electrons. The van der Waals surface area contributed by atoms with Gasteiger partial charge in [0, 0.05) is 24.6 Å². The molecule has 1 aromatic rings. The molecule has 0 aromatic carbocycles. The van der Waals surface area contributed by atoms with Crippen molar-refractivity contribution in [1.29, 1.82) is 0 Å². The monoisotopic (exact) mass is 240 g/mol.